The number of rotatable bonds is 7. The van der Waals surface area contributed by atoms with E-state index in [-0.39, 0.29) is 17.9 Å². The molecule has 0 aromatic carbocycles. The van der Waals surface area contributed by atoms with Crippen LogP contribution in [0.3, 0.4) is 0 Å². The van der Waals surface area contributed by atoms with Crippen LogP contribution in [0.4, 0.5) is 0 Å². The van der Waals surface area contributed by atoms with E-state index >= 15 is 0 Å². The summed E-state index contributed by atoms with van der Waals surface area (Å²) >= 11 is 0. The Hall–Kier alpha value is -2.26. The third-order valence-electron chi connectivity index (χ3n) is 5.65. The normalized spacial score (nSPS) is 31.0. The van der Waals surface area contributed by atoms with Gasteiger partial charge in [0.1, 0.15) is 5.60 Å². The van der Waals surface area contributed by atoms with Gasteiger partial charge in [-0.15, -0.1) is 0 Å². The fourth-order valence-electron chi connectivity index (χ4n) is 4.33. The minimum atomic E-state index is -0.679. The first-order chi connectivity index (χ1) is 12.9. The van der Waals surface area contributed by atoms with Crippen molar-refractivity contribution in [3.05, 3.63) is 23.9 Å². The molecule has 2 amide bonds. The molecule has 2 fully saturated rings. The number of methoxy groups -OCH3 is 1. The van der Waals surface area contributed by atoms with E-state index in [9.17, 15) is 9.59 Å². The third kappa shape index (κ3) is 2.94. The van der Waals surface area contributed by atoms with Gasteiger partial charge in [-0.2, -0.15) is 4.98 Å². The number of ether oxygens (including phenoxy) is 2. The molecule has 4 heterocycles. The van der Waals surface area contributed by atoms with Gasteiger partial charge in [0.2, 0.25) is 17.7 Å². The molecule has 0 N–H and O–H groups in total. The molecule has 3 aliphatic rings. The standard InChI is InChI=1S/C18H24N4O5/c1-11-19-13(20-27-11)5-7-21(2)16(23)14-12-4-6-18(26-12)10-22(8-9-25-3)17(24)15(14)18/h4,6,12,14-15H,5,7-10H2,1-3H3/t12-,14+,15-,18-/m0/s1. The van der Waals surface area contributed by atoms with Crippen molar-refractivity contribution in [2.24, 2.45) is 11.8 Å². The predicted molar refractivity (Wildman–Crippen MR) is 92.6 cm³/mol. The smallest absolute Gasteiger partial charge is 0.230 e. The van der Waals surface area contributed by atoms with Gasteiger partial charge in [0, 0.05) is 40.6 Å². The molecule has 2 bridgehead atoms. The number of carbonyl (C=O) groups excluding carboxylic acids is 2. The zero-order chi connectivity index (χ0) is 19.2. The Morgan fingerprint density at radius 1 is 1.52 bits per heavy atom. The molecule has 4 rings (SSSR count). The van der Waals surface area contributed by atoms with Gasteiger partial charge in [0.15, 0.2) is 5.82 Å². The second kappa shape index (κ2) is 6.72. The van der Waals surface area contributed by atoms with Crippen molar-refractivity contribution in [3.8, 4) is 0 Å². The van der Waals surface area contributed by atoms with Crippen LogP contribution in [0.2, 0.25) is 0 Å². The van der Waals surface area contributed by atoms with E-state index in [4.69, 9.17) is 14.0 Å². The van der Waals surface area contributed by atoms with Gasteiger partial charge in [0.25, 0.3) is 0 Å². The molecule has 4 atom stereocenters. The van der Waals surface area contributed by atoms with Crippen LogP contribution in [0.1, 0.15) is 11.7 Å². The first-order valence-electron chi connectivity index (χ1n) is 9.14. The lowest BCUT2D eigenvalue weighted by Gasteiger charge is -2.27. The van der Waals surface area contributed by atoms with Crippen LogP contribution in [-0.4, -0.2) is 83.9 Å². The van der Waals surface area contributed by atoms with Crippen LogP contribution in [0.15, 0.2) is 16.7 Å². The number of amides is 2. The molecule has 1 spiro atoms. The van der Waals surface area contributed by atoms with Crippen LogP contribution in [0.5, 0.6) is 0 Å². The third-order valence-corrected chi connectivity index (χ3v) is 5.65. The summed E-state index contributed by atoms with van der Waals surface area (Å²) < 4.78 is 16.2. The number of hydrogen-bond donors (Lipinski definition) is 0. The Balaban J connectivity index is 1.46. The second-order valence-electron chi connectivity index (χ2n) is 7.39. The zero-order valence-electron chi connectivity index (χ0n) is 15.8. The SMILES string of the molecule is COCCN1C[C@]23C=C[C@H](O2)[C@@H](C(=O)N(C)CCc2noc(C)n2)[C@H]3C1=O. The molecule has 27 heavy (non-hydrogen) atoms. The van der Waals surface area contributed by atoms with Crippen molar-refractivity contribution in [3.63, 3.8) is 0 Å². The van der Waals surface area contributed by atoms with E-state index in [1.807, 2.05) is 12.2 Å². The molecular formula is C18H24N4O5. The number of aromatic nitrogens is 2. The highest BCUT2D eigenvalue weighted by molar-refractivity contribution is 5.93. The van der Waals surface area contributed by atoms with E-state index in [0.29, 0.717) is 44.4 Å². The van der Waals surface area contributed by atoms with Gasteiger partial charge in [-0.1, -0.05) is 17.3 Å². The van der Waals surface area contributed by atoms with E-state index in [2.05, 4.69) is 10.1 Å². The van der Waals surface area contributed by atoms with Crippen molar-refractivity contribution in [1.29, 1.82) is 0 Å². The molecule has 0 unspecified atom stereocenters. The molecule has 0 saturated carbocycles. The number of carbonyl (C=O) groups is 2. The van der Waals surface area contributed by atoms with Gasteiger partial charge < -0.3 is 23.8 Å². The summed E-state index contributed by atoms with van der Waals surface area (Å²) in [7, 11) is 3.34. The summed E-state index contributed by atoms with van der Waals surface area (Å²) in [5.74, 6) is -0.00717. The van der Waals surface area contributed by atoms with Gasteiger partial charge in [-0.3, -0.25) is 9.59 Å². The Labute approximate surface area is 157 Å². The van der Waals surface area contributed by atoms with E-state index in [1.54, 1.807) is 30.9 Å². The quantitative estimate of drug-likeness (QED) is 0.608. The number of fused-ring (bicyclic) bond motifs is 1. The predicted octanol–water partition coefficient (Wildman–Crippen LogP) is -0.193. The summed E-state index contributed by atoms with van der Waals surface area (Å²) in [6, 6.07) is 0. The number of likely N-dealkylation sites (N-methyl/N-ethyl adjacent to an activating group) is 1. The Morgan fingerprint density at radius 2 is 2.33 bits per heavy atom. The molecular weight excluding hydrogens is 352 g/mol. The monoisotopic (exact) mass is 376 g/mol. The number of aryl methyl sites for hydroxylation is 1. The molecule has 9 heteroatoms. The minimum Gasteiger partial charge on any atom is -0.383 e. The average molecular weight is 376 g/mol. The van der Waals surface area contributed by atoms with Crippen molar-refractivity contribution in [2.45, 2.75) is 25.0 Å². The van der Waals surface area contributed by atoms with Crippen molar-refractivity contribution >= 4 is 11.8 Å². The largest absolute Gasteiger partial charge is 0.383 e. The van der Waals surface area contributed by atoms with E-state index in [0.717, 1.165) is 0 Å². The maximum atomic E-state index is 13.1. The zero-order valence-corrected chi connectivity index (χ0v) is 15.8. The van der Waals surface area contributed by atoms with Crippen molar-refractivity contribution < 1.29 is 23.6 Å². The Morgan fingerprint density at radius 3 is 3.04 bits per heavy atom. The molecule has 3 aliphatic heterocycles. The summed E-state index contributed by atoms with van der Waals surface area (Å²) in [6.07, 6.45) is 4.03. The molecule has 1 aromatic heterocycles. The topological polar surface area (TPSA) is 98.0 Å². The molecule has 146 valence electrons. The van der Waals surface area contributed by atoms with Crippen LogP contribution in [0.25, 0.3) is 0 Å². The summed E-state index contributed by atoms with van der Waals surface area (Å²) in [6.45, 7) is 3.62. The lowest BCUT2D eigenvalue weighted by atomic mass is 9.76. The number of likely N-dealkylation sites (tertiary alicyclic amines) is 1. The Kier molecular flexibility index (Phi) is 4.51. The fraction of sp³-hybridized carbons (Fsp3) is 0.667. The maximum Gasteiger partial charge on any atom is 0.230 e. The summed E-state index contributed by atoms with van der Waals surface area (Å²) in [5, 5.41) is 3.85. The first kappa shape index (κ1) is 18.1. The second-order valence-corrected chi connectivity index (χ2v) is 7.39. The molecule has 9 nitrogen and oxygen atoms in total. The van der Waals surface area contributed by atoms with Gasteiger partial charge >= 0.3 is 0 Å². The van der Waals surface area contributed by atoms with Crippen LogP contribution in [0, 0.1) is 18.8 Å². The first-order valence-corrected chi connectivity index (χ1v) is 9.14. The maximum absolute atomic E-state index is 13.1. The van der Waals surface area contributed by atoms with Crippen LogP contribution >= 0.6 is 0 Å². The van der Waals surface area contributed by atoms with E-state index < -0.39 is 17.4 Å². The molecule has 1 aromatic rings. The number of nitrogens with zero attached hydrogens (tertiary/aromatic N) is 4. The van der Waals surface area contributed by atoms with Crippen LogP contribution in [-0.2, 0) is 25.5 Å². The molecule has 0 radical (unpaired) electrons. The van der Waals surface area contributed by atoms with Gasteiger partial charge in [-0.25, -0.2) is 0 Å². The lowest BCUT2D eigenvalue weighted by molar-refractivity contribution is -0.142. The number of hydrogen-bond acceptors (Lipinski definition) is 7. The van der Waals surface area contributed by atoms with Crippen molar-refractivity contribution in [1.82, 2.24) is 19.9 Å². The fourth-order valence-corrected chi connectivity index (χ4v) is 4.33. The van der Waals surface area contributed by atoms with Crippen LogP contribution < -0.4 is 0 Å². The molecule has 0 aliphatic carbocycles. The summed E-state index contributed by atoms with van der Waals surface area (Å²) in [4.78, 5) is 33.6. The van der Waals surface area contributed by atoms with Crippen molar-refractivity contribution in [2.75, 3.05) is 40.4 Å². The highest BCUT2D eigenvalue weighted by Crippen LogP contribution is 2.52. The highest BCUT2D eigenvalue weighted by Gasteiger charge is 2.66. The average Bonchev–Trinajstić information content (AvgIpc) is 3.39. The summed E-state index contributed by atoms with van der Waals surface area (Å²) in [5.41, 5.74) is -0.679. The van der Waals surface area contributed by atoms with Gasteiger partial charge in [0.05, 0.1) is 31.1 Å². The van der Waals surface area contributed by atoms with Gasteiger partial charge in [-0.05, 0) is 0 Å². The lowest BCUT2D eigenvalue weighted by Crippen LogP contribution is -2.45. The molecule has 2 saturated heterocycles. The highest BCUT2D eigenvalue weighted by atomic mass is 16.5. The van der Waals surface area contributed by atoms with E-state index in [1.165, 1.54) is 0 Å². The Bertz CT molecular complexity index is 778. The minimum absolute atomic E-state index is 0.0283.